The van der Waals surface area contributed by atoms with E-state index in [1.165, 1.54) is 5.56 Å². The van der Waals surface area contributed by atoms with Gasteiger partial charge < -0.3 is 5.32 Å². The maximum Gasteiger partial charge on any atom is 0.0722 e. The summed E-state index contributed by atoms with van der Waals surface area (Å²) >= 11 is 0. The SMILES string of the molecule is CC(Nc1ccnc2ccccc12)c1cccnc1. The molecule has 0 amide bonds. The molecule has 1 N–H and O–H groups in total. The zero-order valence-electron chi connectivity index (χ0n) is 10.7. The van der Waals surface area contributed by atoms with Crippen LogP contribution in [0.15, 0.2) is 61.1 Å². The molecule has 19 heavy (non-hydrogen) atoms. The number of para-hydroxylation sites is 1. The van der Waals surface area contributed by atoms with E-state index in [0.29, 0.717) is 0 Å². The fraction of sp³-hybridized carbons (Fsp3) is 0.125. The van der Waals surface area contributed by atoms with Crippen LogP contribution < -0.4 is 5.32 Å². The highest BCUT2D eigenvalue weighted by Gasteiger charge is 2.07. The second kappa shape index (κ2) is 5.06. The topological polar surface area (TPSA) is 37.8 Å². The Hall–Kier alpha value is -2.42. The van der Waals surface area contributed by atoms with E-state index >= 15 is 0 Å². The maximum absolute atomic E-state index is 4.37. The van der Waals surface area contributed by atoms with Crippen molar-refractivity contribution in [3.63, 3.8) is 0 Å². The minimum Gasteiger partial charge on any atom is -0.378 e. The first-order valence-electron chi connectivity index (χ1n) is 6.35. The predicted octanol–water partition coefficient (Wildman–Crippen LogP) is 3.80. The highest BCUT2D eigenvalue weighted by molar-refractivity contribution is 5.90. The van der Waals surface area contributed by atoms with E-state index in [9.17, 15) is 0 Å². The third kappa shape index (κ3) is 2.40. The zero-order valence-corrected chi connectivity index (χ0v) is 10.7. The van der Waals surface area contributed by atoms with Crippen molar-refractivity contribution in [3.8, 4) is 0 Å². The number of aromatic nitrogens is 2. The first kappa shape index (κ1) is 11.7. The van der Waals surface area contributed by atoms with Crippen LogP contribution in [-0.4, -0.2) is 9.97 Å². The van der Waals surface area contributed by atoms with Crippen LogP contribution in [0.4, 0.5) is 5.69 Å². The summed E-state index contributed by atoms with van der Waals surface area (Å²) in [6, 6.07) is 14.4. The molecule has 0 aliphatic carbocycles. The van der Waals surface area contributed by atoms with Crippen LogP contribution >= 0.6 is 0 Å². The van der Waals surface area contributed by atoms with Gasteiger partial charge in [0.2, 0.25) is 0 Å². The fourth-order valence-corrected chi connectivity index (χ4v) is 2.17. The van der Waals surface area contributed by atoms with Crippen LogP contribution in [0.2, 0.25) is 0 Å². The van der Waals surface area contributed by atoms with E-state index < -0.39 is 0 Å². The van der Waals surface area contributed by atoms with Gasteiger partial charge in [-0.1, -0.05) is 24.3 Å². The minimum atomic E-state index is 0.208. The van der Waals surface area contributed by atoms with Gasteiger partial charge in [-0.15, -0.1) is 0 Å². The van der Waals surface area contributed by atoms with Crippen molar-refractivity contribution in [2.24, 2.45) is 0 Å². The van der Waals surface area contributed by atoms with E-state index in [1.807, 2.05) is 42.7 Å². The van der Waals surface area contributed by atoms with Crippen molar-refractivity contribution in [1.82, 2.24) is 9.97 Å². The lowest BCUT2D eigenvalue weighted by Crippen LogP contribution is -2.07. The van der Waals surface area contributed by atoms with E-state index in [2.05, 4.69) is 34.3 Å². The van der Waals surface area contributed by atoms with Crippen molar-refractivity contribution in [2.45, 2.75) is 13.0 Å². The van der Waals surface area contributed by atoms with Crippen molar-refractivity contribution in [3.05, 3.63) is 66.6 Å². The quantitative estimate of drug-likeness (QED) is 0.767. The average molecular weight is 249 g/mol. The van der Waals surface area contributed by atoms with Gasteiger partial charge in [-0.2, -0.15) is 0 Å². The fourth-order valence-electron chi connectivity index (χ4n) is 2.17. The van der Waals surface area contributed by atoms with Gasteiger partial charge in [0.15, 0.2) is 0 Å². The number of rotatable bonds is 3. The molecule has 3 nitrogen and oxygen atoms in total. The highest BCUT2D eigenvalue weighted by atomic mass is 14.9. The van der Waals surface area contributed by atoms with Gasteiger partial charge >= 0.3 is 0 Å². The monoisotopic (exact) mass is 249 g/mol. The number of benzene rings is 1. The summed E-state index contributed by atoms with van der Waals surface area (Å²) in [5.41, 5.74) is 3.27. The Kier molecular flexibility index (Phi) is 3.11. The molecule has 0 bridgehead atoms. The first-order valence-corrected chi connectivity index (χ1v) is 6.35. The molecule has 0 spiro atoms. The first-order chi connectivity index (χ1) is 9.34. The molecule has 0 saturated heterocycles. The van der Waals surface area contributed by atoms with E-state index in [1.54, 1.807) is 6.20 Å². The van der Waals surface area contributed by atoms with Crippen LogP contribution in [0.1, 0.15) is 18.5 Å². The zero-order chi connectivity index (χ0) is 13.1. The molecule has 2 heterocycles. The third-order valence-corrected chi connectivity index (χ3v) is 3.21. The molecular weight excluding hydrogens is 234 g/mol. The van der Waals surface area contributed by atoms with Gasteiger partial charge in [-0.25, -0.2) is 0 Å². The smallest absolute Gasteiger partial charge is 0.0722 e. The van der Waals surface area contributed by atoms with Crippen LogP contribution in [0.25, 0.3) is 10.9 Å². The molecule has 0 aliphatic rings. The standard InChI is InChI=1S/C16H15N3/c1-12(13-5-4-9-17-11-13)19-16-8-10-18-15-7-3-2-6-14(15)16/h2-12H,1H3,(H,18,19). The summed E-state index contributed by atoms with van der Waals surface area (Å²) in [7, 11) is 0. The summed E-state index contributed by atoms with van der Waals surface area (Å²) in [4.78, 5) is 8.53. The van der Waals surface area contributed by atoms with Gasteiger partial charge in [0.1, 0.15) is 0 Å². The molecule has 0 aliphatic heterocycles. The molecule has 3 aromatic rings. The molecule has 1 aromatic carbocycles. The Labute approximate surface area is 112 Å². The van der Waals surface area contributed by atoms with Gasteiger partial charge in [0.05, 0.1) is 11.6 Å². The predicted molar refractivity (Wildman–Crippen MR) is 78.0 cm³/mol. The van der Waals surface area contributed by atoms with Crippen LogP contribution in [0.5, 0.6) is 0 Å². The number of pyridine rings is 2. The normalized spacial score (nSPS) is 12.3. The summed E-state index contributed by atoms with van der Waals surface area (Å²) in [6.45, 7) is 2.13. The van der Waals surface area contributed by atoms with Gasteiger partial charge in [0, 0.05) is 29.7 Å². The average Bonchev–Trinajstić information content (AvgIpc) is 2.48. The van der Waals surface area contributed by atoms with Gasteiger partial charge in [0.25, 0.3) is 0 Å². The molecule has 2 aromatic heterocycles. The third-order valence-electron chi connectivity index (χ3n) is 3.21. The number of anilines is 1. The number of nitrogens with one attached hydrogen (secondary N) is 1. The molecule has 3 rings (SSSR count). The lowest BCUT2D eigenvalue weighted by atomic mass is 10.1. The van der Waals surface area contributed by atoms with Crippen LogP contribution in [-0.2, 0) is 0 Å². The van der Waals surface area contributed by atoms with Crippen LogP contribution in [0, 0.1) is 0 Å². The molecular formula is C16H15N3. The van der Waals surface area contributed by atoms with Gasteiger partial charge in [-0.3, -0.25) is 9.97 Å². The molecule has 0 radical (unpaired) electrons. The summed E-state index contributed by atoms with van der Waals surface area (Å²) < 4.78 is 0. The maximum atomic E-state index is 4.37. The number of nitrogens with zero attached hydrogens (tertiary/aromatic N) is 2. The molecule has 94 valence electrons. The summed E-state index contributed by atoms with van der Waals surface area (Å²) in [6.07, 6.45) is 5.51. The highest BCUT2D eigenvalue weighted by Crippen LogP contribution is 2.25. The van der Waals surface area contributed by atoms with E-state index in [4.69, 9.17) is 0 Å². The summed E-state index contributed by atoms with van der Waals surface area (Å²) in [5, 5.41) is 4.66. The largest absolute Gasteiger partial charge is 0.378 e. The number of hydrogen-bond acceptors (Lipinski definition) is 3. The Morgan fingerprint density at radius 2 is 1.89 bits per heavy atom. The Morgan fingerprint density at radius 3 is 2.74 bits per heavy atom. The van der Waals surface area contributed by atoms with Gasteiger partial charge in [-0.05, 0) is 30.7 Å². The summed E-state index contributed by atoms with van der Waals surface area (Å²) in [5.74, 6) is 0. The molecule has 1 unspecified atom stereocenters. The van der Waals surface area contributed by atoms with E-state index in [0.717, 1.165) is 16.6 Å². The molecule has 0 saturated carbocycles. The second-order valence-electron chi connectivity index (χ2n) is 4.53. The molecule has 0 fully saturated rings. The van der Waals surface area contributed by atoms with Crippen molar-refractivity contribution < 1.29 is 0 Å². The Balaban J connectivity index is 1.94. The molecule has 3 heteroatoms. The lowest BCUT2D eigenvalue weighted by molar-refractivity contribution is 0.877. The Morgan fingerprint density at radius 1 is 1.00 bits per heavy atom. The van der Waals surface area contributed by atoms with E-state index in [-0.39, 0.29) is 6.04 Å². The molecule has 1 atom stereocenters. The second-order valence-corrected chi connectivity index (χ2v) is 4.53. The number of fused-ring (bicyclic) bond motifs is 1. The Bertz CT molecular complexity index is 674. The van der Waals surface area contributed by atoms with Crippen LogP contribution in [0.3, 0.4) is 0 Å². The van der Waals surface area contributed by atoms with Crippen molar-refractivity contribution >= 4 is 16.6 Å². The number of hydrogen-bond donors (Lipinski definition) is 1. The van der Waals surface area contributed by atoms with Crippen molar-refractivity contribution in [1.29, 1.82) is 0 Å². The minimum absolute atomic E-state index is 0.208. The van der Waals surface area contributed by atoms with Crippen molar-refractivity contribution in [2.75, 3.05) is 5.32 Å². The lowest BCUT2D eigenvalue weighted by Gasteiger charge is -2.16.